The summed E-state index contributed by atoms with van der Waals surface area (Å²) in [5.74, 6) is -0.00853. The van der Waals surface area contributed by atoms with E-state index in [-0.39, 0.29) is 22.9 Å². The van der Waals surface area contributed by atoms with Gasteiger partial charge in [-0.1, -0.05) is 18.2 Å². The van der Waals surface area contributed by atoms with Crippen LogP contribution in [0.2, 0.25) is 0 Å². The van der Waals surface area contributed by atoms with E-state index in [4.69, 9.17) is 5.41 Å². The van der Waals surface area contributed by atoms with Crippen LogP contribution in [0, 0.1) is 10.3 Å². The average molecular weight is 386 g/mol. The molecule has 10 nitrogen and oxygen atoms in total. The number of amidine groups is 1. The van der Waals surface area contributed by atoms with Crippen molar-refractivity contribution in [2.75, 3.05) is 10.4 Å². The third-order valence-electron chi connectivity index (χ3n) is 3.67. The van der Waals surface area contributed by atoms with Crippen LogP contribution in [0.3, 0.4) is 0 Å². The van der Waals surface area contributed by atoms with Crippen LogP contribution in [0.4, 0.5) is 17.1 Å². The summed E-state index contributed by atoms with van der Waals surface area (Å²) in [4.78, 5) is 10.0. The zero-order valence-electron chi connectivity index (χ0n) is 14.0. The van der Waals surface area contributed by atoms with Crippen LogP contribution in [0.15, 0.2) is 68.8 Å². The lowest BCUT2D eigenvalue weighted by molar-refractivity contribution is 0.483. The fourth-order valence-electron chi connectivity index (χ4n) is 2.40. The summed E-state index contributed by atoms with van der Waals surface area (Å²) < 4.78 is 32.4. The Hall–Kier alpha value is -3.44. The number of nitrogens with one attached hydrogen (secondary N) is 2. The summed E-state index contributed by atoms with van der Waals surface area (Å²) in [6.07, 6.45) is 0. The van der Waals surface area contributed by atoms with Crippen molar-refractivity contribution in [1.82, 2.24) is 0 Å². The third-order valence-corrected chi connectivity index (χ3v) is 4.56. The zero-order chi connectivity index (χ0) is 19.6. The summed E-state index contributed by atoms with van der Waals surface area (Å²) >= 11 is 0. The van der Waals surface area contributed by atoms with Crippen molar-refractivity contribution < 1.29 is 13.0 Å². The number of hydrogen-bond donors (Lipinski definition) is 3. The molecule has 27 heavy (non-hydrogen) atoms. The Morgan fingerprint density at radius 3 is 2.52 bits per heavy atom. The summed E-state index contributed by atoms with van der Waals surface area (Å²) in [6, 6.07) is 12.4. The molecule has 11 heteroatoms. The molecular formula is C16H14N6O4S. The van der Waals surface area contributed by atoms with Crippen LogP contribution >= 0.6 is 0 Å². The van der Waals surface area contributed by atoms with Crippen molar-refractivity contribution in [1.29, 1.82) is 5.41 Å². The molecule has 2 aromatic carbocycles. The SMILES string of the molecule is CC1=NN(c2ccccc2)C(=N)/C1=N/Nc1ccc(N=O)cc1S(=O)(=O)O. The van der Waals surface area contributed by atoms with Crippen molar-refractivity contribution in [3.8, 4) is 0 Å². The highest BCUT2D eigenvalue weighted by molar-refractivity contribution is 7.86. The minimum atomic E-state index is -4.62. The van der Waals surface area contributed by atoms with E-state index >= 15 is 0 Å². The summed E-state index contributed by atoms with van der Waals surface area (Å²) in [6.45, 7) is 1.65. The van der Waals surface area contributed by atoms with Gasteiger partial charge in [-0.05, 0) is 42.4 Å². The predicted octanol–water partition coefficient (Wildman–Crippen LogP) is 2.97. The number of hydrazone groups is 2. The second kappa shape index (κ2) is 7.05. The van der Waals surface area contributed by atoms with Gasteiger partial charge >= 0.3 is 0 Å². The minimum Gasteiger partial charge on any atom is -0.282 e. The largest absolute Gasteiger partial charge is 0.296 e. The van der Waals surface area contributed by atoms with Gasteiger partial charge in [0.2, 0.25) is 0 Å². The number of rotatable bonds is 5. The lowest BCUT2D eigenvalue weighted by Gasteiger charge is -2.13. The van der Waals surface area contributed by atoms with Gasteiger partial charge in [0.25, 0.3) is 10.1 Å². The first-order chi connectivity index (χ1) is 12.8. The first-order valence-electron chi connectivity index (χ1n) is 7.59. The standard InChI is InChI=1S/C16H14N6O4S/c1-10-15(16(17)22(20-10)12-5-3-2-4-6-12)19-18-13-8-7-11(21-23)9-14(13)27(24,25)26/h2-9,17-18H,1H3,(H,24,25,26)/b17-16?,19-15+. The molecule has 1 heterocycles. The van der Waals surface area contributed by atoms with Crippen LogP contribution in [0.5, 0.6) is 0 Å². The molecule has 2 aromatic rings. The summed E-state index contributed by atoms with van der Waals surface area (Å²) in [5.41, 5.74) is 3.57. The third kappa shape index (κ3) is 3.73. The highest BCUT2D eigenvalue weighted by Crippen LogP contribution is 2.27. The molecular weight excluding hydrogens is 372 g/mol. The van der Waals surface area contributed by atoms with E-state index in [1.54, 1.807) is 19.1 Å². The maximum absolute atomic E-state index is 11.5. The van der Waals surface area contributed by atoms with Crippen LogP contribution in [0.1, 0.15) is 6.92 Å². The molecule has 1 aliphatic heterocycles. The lowest BCUT2D eigenvalue weighted by Crippen LogP contribution is -2.27. The van der Waals surface area contributed by atoms with Gasteiger partial charge in [-0.2, -0.15) is 18.6 Å². The molecule has 1 aliphatic rings. The van der Waals surface area contributed by atoms with Crippen molar-refractivity contribution in [2.45, 2.75) is 11.8 Å². The van der Waals surface area contributed by atoms with Crippen molar-refractivity contribution in [2.24, 2.45) is 15.4 Å². The molecule has 0 aliphatic carbocycles. The van der Waals surface area contributed by atoms with E-state index < -0.39 is 15.0 Å². The van der Waals surface area contributed by atoms with Crippen molar-refractivity contribution in [3.63, 3.8) is 0 Å². The van der Waals surface area contributed by atoms with Gasteiger partial charge < -0.3 is 0 Å². The minimum absolute atomic E-state index is 0.00853. The molecule has 3 rings (SSSR count). The quantitative estimate of drug-likeness (QED) is 0.409. The second-order valence-corrected chi connectivity index (χ2v) is 6.89. The molecule has 0 amide bonds. The first-order valence-corrected chi connectivity index (χ1v) is 9.03. The predicted molar refractivity (Wildman–Crippen MR) is 103 cm³/mol. The maximum Gasteiger partial charge on any atom is 0.296 e. The van der Waals surface area contributed by atoms with E-state index in [9.17, 15) is 17.9 Å². The molecule has 0 radical (unpaired) electrons. The maximum atomic E-state index is 11.5. The topological polar surface area (TPSA) is 148 Å². The van der Waals surface area contributed by atoms with Crippen LogP contribution in [0.25, 0.3) is 0 Å². The van der Waals surface area contributed by atoms with Crippen LogP contribution < -0.4 is 10.4 Å². The van der Waals surface area contributed by atoms with Gasteiger partial charge in [0.15, 0.2) is 11.5 Å². The van der Waals surface area contributed by atoms with Crippen molar-refractivity contribution >= 4 is 44.4 Å². The first kappa shape index (κ1) is 18.4. The number of anilines is 2. The Balaban J connectivity index is 1.92. The molecule has 0 aromatic heterocycles. The molecule has 0 atom stereocenters. The zero-order valence-corrected chi connectivity index (χ0v) is 14.8. The van der Waals surface area contributed by atoms with Gasteiger partial charge in [0, 0.05) is 0 Å². The van der Waals surface area contributed by atoms with Gasteiger partial charge in [-0.25, -0.2) is 5.01 Å². The van der Waals surface area contributed by atoms with Gasteiger partial charge in [0.1, 0.15) is 10.6 Å². The fraction of sp³-hybridized carbons (Fsp3) is 0.0625. The normalized spacial score (nSPS) is 15.8. The molecule has 0 spiro atoms. The molecule has 0 saturated carbocycles. The Bertz CT molecular complexity index is 1080. The van der Waals surface area contributed by atoms with E-state index in [2.05, 4.69) is 20.8 Å². The number of hydrogen-bond acceptors (Lipinski definition) is 8. The van der Waals surface area contributed by atoms with E-state index in [0.717, 1.165) is 6.07 Å². The Morgan fingerprint density at radius 2 is 1.89 bits per heavy atom. The molecule has 3 N–H and O–H groups in total. The summed E-state index contributed by atoms with van der Waals surface area (Å²) in [7, 11) is -4.62. The molecule has 0 bridgehead atoms. The molecule has 0 saturated heterocycles. The Morgan fingerprint density at radius 1 is 1.19 bits per heavy atom. The van der Waals surface area contributed by atoms with E-state index in [1.807, 2.05) is 18.2 Å². The number of benzene rings is 2. The molecule has 0 fully saturated rings. The monoisotopic (exact) mass is 386 g/mol. The Kier molecular flexibility index (Phi) is 4.79. The van der Waals surface area contributed by atoms with Crippen LogP contribution in [-0.2, 0) is 10.1 Å². The van der Waals surface area contributed by atoms with E-state index in [1.165, 1.54) is 17.1 Å². The average Bonchev–Trinajstić information content (AvgIpc) is 2.94. The van der Waals surface area contributed by atoms with Gasteiger partial charge in [0.05, 0.1) is 17.1 Å². The number of nitrogens with zero attached hydrogens (tertiary/aromatic N) is 4. The number of para-hydroxylation sites is 1. The highest BCUT2D eigenvalue weighted by Gasteiger charge is 2.27. The fourth-order valence-corrected chi connectivity index (χ4v) is 3.06. The van der Waals surface area contributed by atoms with Crippen LogP contribution in [-0.4, -0.2) is 30.2 Å². The molecule has 138 valence electrons. The Labute approximate surface area is 154 Å². The second-order valence-electron chi connectivity index (χ2n) is 5.50. The lowest BCUT2D eigenvalue weighted by atomic mass is 10.2. The van der Waals surface area contributed by atoms with Gasteiger partial charge in [-0.3, -0.25) is 15.4 Å². The van der Waals surface area contributed by atoms with Crippen molar-refractivity contribution in [3.05, 3.63) is 53.4 Å². The molecule has 0 unspecified atom stereocenters. The number of nitroso groups, excluding NO2 is 1. The summed E-state index contributed by atoms with van der Waals surface area (Å²) in [5, 5.41) is 20.6. The van der Waals surface area contributed by atoms with Gasteiger partial charge in [-0.15, -0.1) is 4.91 Å². The highest BCUT2D eigenvalue weighted by atomic mass is 32.2. The van der Waals surface area contributed by atoms with E-state index in [0.29, 0.717) is 11.4 Å². The smallest absolute Gasteiger partial charge is 0.282 e.